The van der Waals surface area contributed by atoms with Crippen molar-refractivity contribution in [1.82, 2.24) is 10.3 Å². The van der Waals surface area contributed by atoms with Crippen LogP contribution in [0, 0.1) is 0 Å². The Kier molecular flexibility index (Phi) is 4.87. The van der Waals surface area contributed by atoms with E-state index in [9.17, 15) is 4.79 Å². The first-order chi connectivity index (χ1) is 10.2. The zero-order chi connectivity index (χ0) is 14.7. The topological polar surface area (TPSA) is 63.2 Å². The van der Waals surface area contributed by atoms with Crippen LogP contribution in [0.3, 0.4) is 0 Å². The zero-order valence-electron chi connectivity index (χ0n) is 12.5. The second-order valence-electron chi connectivity index (χ2n) is 5.80. The van der Waals surface area contributed by atoms with Gasteiger partial charge in [0.15, 0.2) is 5.13 Å². The van der Waals surface area contributed by atoms with Crippen LogP contribution in [-0.2, 0) is 22.4 Å². The fraction of sp³-hybridized carbons (Fsp3) is 0.733. The Morgan fingerprint density at radius 3 is 2.95 bits per heavy atom. The summed E-state index contributed by atoms with van der Waals surface area (Å²) in [6.07, 6.45) is 7.09. The molecule has 1 aliphatic heterocycles. The molecule has 1 fully saturated rings. The number of thiazole rings is 1. The standard InChI is InChI=1S/C15H23N3O2S/c1-10-13(16-8-9-20-10)14(19)18-15-17-11-6-4-2-3-5-7-12(11)21-15/h10,13,16H,2-9H2,1H3,(H,17,18,19)/t10-,13+/m1/s1. The minimum Gasteiger partial charge on any atom is -0.375 e. The Morgan fingerprint density at radius 1 is 1.33 bits per heavy atom. The van der Waals surface area contributed by atoms with Gasteiger partial charge in [-0.05, 0) is 32.6 Å². The van der Waals surface area contributed by atoms with Crippen LogP contribution in [0.15, 0.2) is 0 Å². The molecule has 0 spiro atoms. The predicted octanol–water partition coefficient (Wildman–Crippen LogP) is 2.12. The number of hydrogen-bond acceptors (Lipinski definition) is 5. The zero-order valence-corrected chi connectivity index (χ0v) is 13.3. The van der Waals surface area contributed by atoms with Crippen molar-refractivity contribution in [3.05, 3.63) is 10.6 Å². The summed E-state index contributed by atoms with van der Waals surface area (Å²) >= 11 is 1.64. The summed E-state index contributed by atoms with van der Waals surface area (Å²) in [6.45, 7) is 3.31. The third-order valence-corrected chi connectivity index (χ3v) is 5.25. The minimum absolute atomic E-state index is 0.0380. The summed E-state index contributed by atoms with van der Waals surface area (Å²) in [5.74, 6) is -0.0380. The van der Waals surface area contributed by atoms with Gasteiger partial charge in [0.2, 0.25) is 5.91 Å². The van der Waals surface area contributed by atoms with Gasteiger partial charge >= 0.3 is 0 Å². The average Bonchev–Trinajstić information content (AvgIpc) is 2.80. The van der Waals surface area contributed by atoms with Crippen LogP contribution in [0.2, 0.25) is 0 Å². The van der Waals surface area contributed by atoms with Gasteiger partial charge in [-0.3, -0.25) is 4.79 Å². The Labute approximate surface area is 129 Å². The first kappa shape index (κ1) is 14.9. The molecule has 0 unspecified atom stereocenters. The first-order valence-electron chi connectivity index (χ1n) is 7.88. The number of carbonyl (C=O) groups excluding carboxylic acids is 1. The highest BCUT2D eigenvalue weighted by molar-refractivity contribution is 7.15. The molecule has 0 bridgehead atoms. The van der Waals surface area contributed by atoms with Crippen molar-refractivity contribution >= 4 is 22.4 Å². The second-order valence-corrected chi connectivity index (χ2v) is 6.88. The van der Waals surface area contributed by atoms with Crippen molar-refractivity contribution in [2.45, 2.75) is 57.6 Å². The number of ether oxygens (including phenoxy) is 1. The molecule has 1 aromatic heterocycles. The maximum Gasteiger partial charge on any atom is 0.245 e. The Balaban J connectivity index is 1.67. The van der Waals surface area contributed by atoms with Gasteiger partial charge in [-0.2, -0.15) is 0 Å². The Hall–Kier alpha value is -0.980. The van der Waals surface area contributed by atoms with Gasteiger partial charge < -0.3 is 15.4 Å². The molecule has 21 heavy (non-hydrogen) atoms. The van der Waals surface area contributed by atoms with Gasteiger partial charge in [0.25, 0.3) is 0 Å². The highest BCUT2D eigenvalue weighted by Crippen LogP contribution is 2.28. The molecule has 116 valence electrons. The van der Waals surface area contributed by atoms with E-state index in [-0.39, 0.29) is 18.1 Å². The van der Waals surface area contributed by atoms with Gasteiger partial charge in [0.1, 0.15) is 6.04 Å². The third kappa shape index (κ3) is 3.62. The molecule has 2 atom stereocenters. The largest absolute Gasteiger partial charge is 0.375 e. The number of nitrogens with zero attached hydrogens (tertiary/aromatic N) is 1. The molecule has 1 aromatic rings. The second kappa shape index (κ2) is 6.85. The highest BCUT2D eigenvalue weighted by Gasteiger charge is 2.29. The van der Waals surface area contributed by atoms with Crippen LogP contribution in [0.5, 0.6) is 0 Å². The third-order valence-electron chi connectivity index (χ3n) is 4.17. The van der Waals surface area contributed by atoms with Gasteiger partial charge in [0.05, 0.1) is 18.4 Å². The van der Waals surface area contributed by atoms with E-state index >= 15 is 0 Å². The van der Waals surface area contributed by atoms with E-state index in [1.165, 1.54) is 36.3 Å². The molecule has 2 heterocycles. The van der Waals surface area contributed by atoms with Crippen LogP contribution in [-0.4, -0.2) is 36.2 Å². The molecule has 1 amide bonds. The number of rotatable bonds is 2. The van der Waals surface area contributed by atoms with Crippen molar-refractivity contribution in [1.29, 1.82) is 0 Å². The number of aromatic nitrogens is 1. The fourth-order valence-electron chi connectivity index (χ4n) is 2.97. The number of anilines is 1. The van der Waals surface area contributed by atoms with E-state index in [0.29, 0.717) is 6.61 Å². The van der Waals surface area contributed by atoms with Crippen LogP contribution >= 0.6 is 11.3 Å². The summed E-state index contributed by atoms with van der Waals surface area (Å²) < 4.78 is 5.52. The normalized spacial score (nSPS) is 26.5. The van der Waals surface area contributed by atoms with Gasteiger partial charge in [-0.1, -0.05) is 12.8 Å². The molecule has 0 aromatic carbocycles. The summed E-state index contributed by atoms with van der Waals surface area (Å²) in [5.41, 5.74) is 1.19. The molecule has 1 aliphatic carbocycles. The van der Waals surface area contributed by atoms with E-state index < -0.39 is 0 Å². The maximum absolute atomic E-state index is 12.3. The average molecular weight is 309 g/mol. The number of aryl methyl sites for hydroxylation is 2. The SMILES string of the molecule is C[C@H]1OCCN[C@@H]1C(=O)Nc1nc2c(s1)CCCCCC2. The summed E-state index contributed by atoms with van der Waals surface area (Å²) in [6, 6.07) is -0.287. The molecule has 0 saturated carbocycles. The Morgan fingerprint density at radius 2 is 2.14 bits per heavy atom. The van der Waals surface area contributed by atoms with Crippen molar-refractivity contribution in [3.8, 4) is 0 Å². The van der Waals surface area contributed by atoms with Crippen LogP contribution < -0.4 is 10.6 Å². The van der Waals surface area contributed by atoms with Crippen molar-refractivity contribution < 1.29 is 9.53 Å². The van der Waals surface area contributed by atoms with Crippen LogP contribution in [0.25, 0.3) is 0 Å². The number of fused-ring (bicyclic) bond motifs is 1. The van der Waals surface area contributed by atoms with Crippen molar-refractivity contribution in [2.75, 3.05) is 18.5 Å². The smallest absolute Gasteiger partial charge is 0.245 e. The lowest BCUT2D eigenvalue weighted by Crippen LogP contribution is -2.53. The fourth-order valence-corrected chi connectivity index (χ4v) is 4.02. The van der Waals surface area contributed by atoms with Crippen LogP contribution in [0.4, 0.5) is 5.13 Å². The monoisotopic (exact) mass is 309 g/mol. The summed E-state index contributed by atoms with van der Waals surface area (Å²) in [7, 11) is 0. The summed E-state index contributed by atoms with van der Waals surface area (Å²) in [5, 5.41) is 6.92. The number of hydrogen-bond donors (Lipinski definition) is 2. The first-order valence-corrected chi connectivity index (χ1v) is 8.70. The lowest BCUT2D eigenvalue weighted by atomic mass is 10.0. The molecule has 2 aliphatic rings. The summed E-state index contributed by atoms with van der Waals surface area (Å²) in [4.78, 5) is 18.3. The van der Waals surface area contributed by atoms with Gasteiger partial charge in [0, 0.05) is 11.4 Å². The number of nitrogens with one attached hydrogen (secondary N) is 2. The molecular formula is C15H23N3O2S. The van der Waals surface area contributed by atoms with Crippen molar-refractivity contribution in [3.63, 3.8) is 0 Å². The van der Waals surface area contributed by atoms with Crippen LogP contribution in [0.1, 0.15) is 43.2 Å². The molecule has 0 radical (unpaired) electrons. The predicted molar refractivity (Wildman–Crippen MR) is 83.8 cm³/mol. The van der Waals surface area contributed by atoms with Gasteiger partial charge in [-0.15, -0.1) is 11.3 Å². The number of amides is 1. The lowest BCUT2D eigenvalue weighted by Gasteiger charge is -2.28. The number of carbonyl (C=O) groups is 1. The van der Waals surface area contributed by atoms with Crippen molar-refractivity contribution in [2.24, 2.45) is 0 Å². The molecule has 6 heteroatoms. The van der Waals surface area contributed by atoms with E-state index in [2.05, 4.69) is 15.6 Å². The molecule has 1 saturated heterocycles. The molecule has 3 rings (SSSR count). The molecule has 2 N–H and O–H groups in total. The quantitative estimate of drug-likeness (QED) is 0.878. The van der Waals surface area contributed by atoms with E-state index in [4.69, 9.17) is 4.74 Å². The molecule has 5 nitrogen and oxygen atoms in total. The highest BCUT2D eigenvalue weighted by atomic mass is 32.1. The van der Waals surface area contributed by atoms with E-state index in [0.717, 1.165) is 24.5 Å². The maximum atomic E-state index is 12.3. The number of morpholine rings is 1. The lowest BCUT2D eigenvalue weighted by molar-refractivity contribution is -0.123. The Bertz CT molecular complexity index is 478. The molecular weight excluding hydrogens is 286 g/mol. The van der Waals surface area contributed by atoms with Gasteiger partial charge in [-0.25, -0.2) is 4.98 Å². The minimum atomic E-state index is -0.287. The van der Waals surface area contributed by atoms with E-state index in [1.54, 1.807) is 11.3 Å². The van der Waals surface area contributed by atoms with E-state index in [1.807, 2.05) is 6.92 Å².